The number of amides is 1. The van der Waals surface area contributed by atoms with Gasteiger partial charge in [-0.1, -0.05) is 12.1 Å². The first kappa shape index (κ1) is 19.3. The normalized spacial score (nSPS) is 10.9. The number of hydrogen-bond acceptors (Lipinski definition) is 4. The third-order valence-electron chi connectivity index (χ3n) is 3.40. The number of hydrogen-bond donors (Lipinski definition) is 1. The highest BCUT2D eigenvalue weighted by Gasteiger charge is 2.30. The summed E-state index contributed by atoms with van der Waals surface area (Å²) < 4.78 is 47.7. The van der Waals surface area contributed by atoms with Gasteiger partial charge in [0.25, 0.3) is 5.91 Å². The minimum absolute atomic E-state index is 0.108. The van der Waals surface area contributed by atoms with E-state index in [-0.39, 0.29) is 17.7 Å². The SMILES string of the molecule is COc1ccc(C(=O)OCC(=O)NCc2cccc(C(F)(F)F)c2)cc1. The van der Waals surface area contributed by atoms with Crippen LogP contribution in [0.3, 0.4) is 0 Å². The van der Waals surface area contributed by atoms with Crippen LogP contribution in [0.15, 0.2) is 48.5 Å². The van der Waals surface area contributed by atoms with Gasteiger partial charge < -0.3 is 14.8 Å². The molecule has 0 aliphatic heterocycles. The molecule has 0 aromatic heterocycles. The summed E-state index contributed by atoms with van der Waals surface area (Å²) >= 11 is 0. The van der Waals surface area contributed by atoms with E-state index in [0.717, 1.165) is 12.1 Å². The molecule has 0 radical (unpaired) electrons. The molecule has 0 unspecified atom stereocenters. The molecule has 0 aliphatic rings. The Morgan fingerprint density at radius 1 is 1.08 bits per heavy atom. The summed E-state index contributed by atoms with van der Waals surface area (Å²) in [5.41, 5.74) is -0.263. The molecule has 0 fully saturated rings. The van der Waals surface area contributed by atoms with E-state index in [9.17, 15) is 22.8 Å². The lowest BCUT2D eigenvalue weighted by Crippen LogP contribution is -2.28. The summed E-state index contributed by atoms with van der Waals surface area (Å²) in [7, 11) is 1.49. The van der Waals surface area contributed by atoms with Gasteiger partial charge in [-0.15, -0.1) is 0 Å². The second-order valence-electron chi connectivity index (χ2n) is 5.28. The van der Waals surface area contributed by atoms with Gasteiger partial charge in [0.1, 0.15) is 5.75 Å². The van der Waals surface area contributed by atoms with E-state index in [1.807, 2.05) is 0 Å². The number of methoxy groups -OCH3 is 1. The molecule has 5 nitrogen and oxygen atoms in total. The van der Waals surface area contributed by atoms with Crippen LogP contribution in [0.4, 0.5) is 13.2 Å². The van der Waals surface area contributed by atoms with Crippen molar-refractivity contribution in [3.05, 3.63) is 65.2 Å². The number of carbonyl (C=O) groups excluding carboxylic acids is 2. The minimum Gasteiger partial charge on any atom is -0.497 e. The third kappa shape index (κ3) is 5.51. The topological polar surface area (TPSA) is 64.6 Å². The summed E-state index contributed by atoms with van der Waals surface area (Å²) in [4.78, 5) is 23.5. The Kier molecular flexibility index (Phi) is 6.21. The molecule has 0 atom stereocenters. The summed E-state index contributed by atoms with van der Waals surface area (Å²) in [6.45, 7) is -0.646. The molecule has 0 aliphatic carbocycles. The smallest absolute Gasteiger partial charge is 0.416 e. The van der Waals surface area contributed by atoms with Crippen LogP contribution in [0.25, 0.3) is 0 Å². The predicted octanol–water partition coefficient (Wildman–Crippen LogP) is 3.19. The Morgan fingerprint density at radius 3 is 2.38 bits per heavy atom. The van der Waals surface area contributed by atoms with Crippen LogP contribution >= 0.6 is 0 Å². The van der Waals surface area contributed by atoms with Gasteiger partial charge in [-0.3, -0.25) is 4.79 Å². The second kappa shape index (κ2) is 8.37. The Morgan fingerprint density at radius 2 is 1.77 bits per heavy atom. The van der Waals surface area contributed by atoms with Gasteiger partial charge in [0, 0.05) is 6.54 Å². The maximum atomic E-state index is 12.6. The van der Waals surface area contributed by atoms with Crippen LogP contribution in [0.1, 0.15) is 21.5 Å². The van der Waals surface area contributed by atoms with E-state index >= 15 is 0 Å². The highest BCUT2D eigenvalue weighted by atomic mass is 19.4. The predicted molar refractivity (Wildman–Crippen MR) is 86.6 cm³/mol. The van der Waals surface area contributed by atoms with Crippen LogP contribution in [-0.2, 0) is 22.3 Å². The second-order valence-corrected chi connectivity index (χ2v) is 5.28. The monoisotopic (exact) mass is 367 g/mol. The summed E-state index contributed by atoms with van der Waals surface area (Å²) in [6, 6.07) is 10.7. The molecule has 138 valence electrons. The van der Waals surface area contributed by atoms with Crippen LogP contribution in [-0.4, -0.2) is 25.6 Å². The lowest BCUT2D eigenvalue weighted by Gasteiger charge is -2.10. The van der Waals surface area contributed by atoms with Crippen molar-refractivity contribution < 1.29 is 32.2 Å². The molecule has 1 N–H and O–H groups in total. The highest BCUT2D eigenvalue weighted by molar-refractivity contribution is 5.91. The van der Waals surface area contributed by atoms with Crippen molar-refractivity contribution in [3.63, 3.8) is 0 Å². The highest BCUT2D eigenvalue weighted by Crippen LogP contribution is 2.29. The number of carbonyl (C=O) groups is 2. The molecule has 2 aromatic carbocycles. The lowest BCUT2D eigenvalue weighted by atomic mass is 10.1. The molecule has 0 heterocycles. The first-order valence-corrected chi connectivity index (χ1v) is 7.53. The number of esters is 1. The maximum absolute atomic E-state index is 12.6. The maximum Gasteiger partial charge on any atom is 0.416 e. The van der Waals surface area contributed by atoms with Crippen molar-refractivity contribution in [1.29, 1.82) is 0 Å². The van der Waals surface area contributed by atoms with E-state index in [0.29, 0.717) is 5.75 Å². The molecule has 0 saturated carbocycles. The van der Waals surface area contributed by atoms with Gasteiger partial charge in [0.2, 0.25) is 0 Å². The number of benzene rings is 2. The zero-order chi connectivity index (χ0) is 19.2. The molecule has 0 spiro atoms. The molecular formula is C18H16F3NO4. The summed E-state index contributed by atoms with van der Waals surface area (Å²) in [6.07, 6.45) is -4.45. The molecular weight excluding hydrogens is 351 g/mol. The number of halogens is 3. The standard InChI is InChI=1S/C18H16F3NO4/c1-25-15-7-5-13(6-8-15)17(24)26-11-16(23)22-10-12-3-2-4-14(9-12)18(19,20)21/h2-9H,10-11H2,1H3,(H,22,23). The average Bonchev–Trinajstić information content (AvgIpc) is 2.64. The fourth-order valence-electron chi connectivity index (χ4n) is 2.05. The Balaban J connectivity index is 1.82. The molecule has 0 bridgehead atoms. The lowest BCUT2D eigenvalue weighted by molar-refractivity contribution is -0.137. The molecule has 8 heteroatoms. The summed E-state index contributed by atoms with van der Waals surface area (Å²) in [5.74, 6) is -0.744. The zero-order valence-electron chi connectivity index (χ0n) is 13.8. The van der Waals surface area contributed by atoms with Gasteiger partial charge in [-0.2, -0.15) is 13.2 Å². The quantitative estimate of drug-likeness (QED) is 0.797. The zero-order valence-corrected chi connectivity index (χ0v) is 13.8. The number of alkyl halides is 3. The fourth-order valence-corrected chi connectivity index (χ4v) is 2.05. The number of rotatable bonds is 6. The van der Waals surface area contributed by atoms with Gasteiger partial charge in [-0.05, 0) is 42.0 Å². The molecule has 0 saturated heterocycles. The Hall–Kier alpha value is -3.03. The minimum atomic E-state index is -4.45. The van der Waals surface area contributed by atoms with E-state index < -0.39 is 30.2 Å². The number of ether oxygens (including phenoxy) is 2. The van der Waals surface area contributed by atoms with Crippen LogP contribution in [0, 0.1) is 0 Å². The van der Waals surface area contributed by atoms with Crippen molar-refractivity contribution in [3.8, 4) is 5.75 Å². The summed E-state index contributed by atoms with van der Waals surface area (Å²) in [5, 5.41) is 2.40. The Bertz CT molecular complexity index is 773. The molecule has 26 heavy (non-hydrogen) atoms. The van der Waals surface area contributed by atoms with Gasteiger partial charge in [0.15, 0.2) is 6.61 Å². The van der Waals surface area contributed by atoms with Gasteiger partial charge in [0.05, 0.1) is 18.2 Å². The number of nitrogens with one attached hydrogen (secondary N) is 1. The van der Waals surface area contributed by atoms with Gasteiger partial charge in [-0.25, -0.2) is 4.79 Å². The first-order chi connectivity index (χ1) is 12.3. The fraction of sp³-hybridized carbons (Fsp3) is 0.222. The van der Waals surface area contributed by atoms with Crippen molar-refractivity contribution in [2.75, 3.05) is 13.7 Å². The molecule has 1 amide bonds. The van der Waals surface area contributed by atoms with Crippen LogP contribution in [0.5, 0.6) is 5.75 Å². The largest absolute Gasteiger partial charge is 0.497 e. The van der Waals surface area contributed by atoms with Crippen molar-refractivity contribution in [2.45, 2.75) is 12.7 Å². The van der Waals surface area contributed by atoms with Crippen LogP contribution in [0.2, 0.25) is 0 Å². The Labute approximate surface area is 147 Å². The van der Waals surface area contributed by atoms with E-state index in [1.165, 1.54) is 31.4 Å². The molecule has 2 aromatic rings. The average molecular weight is 367 g/mol. The van der Waals surface area contributed by atoms with Crippen molar-refractivity contribution >= 4 is 11.9 Å². The third-order valence-corrected chi connectivity index (χ3v) is 3.40. The van der Waals surface area contributed by atoms with E-state index in [2.05, 4.69) is 5.32 Å². The van der Waals surface area contributed by atoms with E-state index in [4.69, 9.17) is 9.47 Å². The van der Waals surface area contributed by atoms with E-state index in [1.54, 1.807) is 12.1 Å². The van der Waals surface area contributed by atoms with Crippen LogP contribution < -0.4 is 10.1 Å². The van der Waals surface area contributed by atoms with Crippen molar-refractivity contribution in [2.24, 2.45) is 0 Å². The van der Waals surface area contributed by atoms with Gasteiger partial charge >= 0.3 is 12.1 Å². The molecule has 2 rings (SSSR count). The first-order valence-electron chi connectivity index (χ1n) is 7.53. The van der Waals surface area contributed by atoms with Crippen molar-refractivity contribution in [1.82, 2.24) is 5.32 Å².